The number of aromatic nitrogens is 3. The maximum atomic E-state index is 12.8. The molecule has 0 spiro atoms. The molecule has 1 aliphatic carbocycles. The van der Waals surface area contributed by atoms with E-state index in [0.717, 1.165) is 10.2 Å². The monoisotopic (exact) mass is 511 g/mol. The molecule has 1 fully saturated rings. The number of halogens is 3. The molecular weight excluding hydrogens is 487 g/mol. The third kappa shape index (κ3) is 5.80. The number of benzene rings is 1. The van der Waals surface area contributed by atoms with E-state index in [1.807, 2.05) is 24.3 Å². The Hall–Kier alpha value is -3.03. The van der Waals surface area contributed by atoms with Gasteiger partial charge >= 0.3 is 12.1 Å². The number of aliphatic hydroxyl groups excluding tert-OH is 2. The zero-order valence-corrected chi connectivity index (χ0v) is 19.7. The zero-order chi connectivity index (χ0) is 25.3. The summed E-state index contributed by atoms with van der Waals surface area (Å²) in [5, 5.41) is 26.8. The summed E-state index contributed by atoms with van der Waals surface area (Å²) in [6.45, 7) is 1.49. The number of ether oxygens (including phenoxy) is 1. The number of aliphatic hydroxyl groups is 2. The van der Waals surface area contributed by atoms with Gasteiger partial charge in [-0.25, -0.2) is 9.97 Å². The van der Waals surface area contributed by atoms with Crippen LogP contribution in [-0.4, -0.2) is 68.7 Å². The minimum Gasteiger partial charge on any atom is -0.465 e. The number of carbonyl (C=O) groups is 1. The first-order valence-electron chi connectivity index (χ1n) is 10.8. The minimum atomic E-state index is -4.47. The summed E-state index contributed by atoms with van der Waals surface area (Å²) in [6.07, 6.45) is -6.61. The van der Waals surface area contributed by atoms with Crippen molar-refractivity contribution in [3.8, 4) is 10.6 Å². The molecule has 0 aliphatic heterocycles. The van der Waals surface area contributed by atoms with Crippen LogP contribution < -0.4 is 10.6 Å². The zero-order valence-electron chi connectivity index (χ0n) is 18.8. The second-order valence-electron chi connectivity index (χ2n) is 8.34. The highest BCUT2D eigenvalue weighted by Crippen LogP contribution is 2.38. The summed E-state index contributed by atoms with van der Waals surface area (Å²) < 4.78 is 44.2. The van der Waals surface area contributed by atoms with Gasteiger partial charge in [-0.15, -0.1) is 11.3 Å². The Kier molecular flexibility index (Phi) is 7.10. The molecule has 1 aliphatic rings. The molecule has 188 valence electrons. The van der Waals surface area contributed by atoms with Gasteiger partial charge in [-0.05, 0) is 25.5 Å². The van der Waals surface area contributed by atoms with Crippen molar-refractivity contribution in [3.63, 3.8) is 0 Å². The van der Waals surface area contributed by atoms with Gasteiger partial charge in [-0.1, -0.05) is 12.1 Å². The Balaban J connectivity index is 1.68. The molecule has 13 heteroatoms. The molecule has 4 rings (SSSR count). The summed E-state index contributed by atoms with van der Waals surface area (Å²) in [4.78, 5) is 24.2. The third-order valence-corrected chi connectivity index (χ3v) is 6.72. The highest BCUT2D eigenvalue weighted by molar-refractivity contribution is 7.21. The van der Waals surface area contributed by atoms with Gasteiger partial charge in [-0.3, -0.25) is 4.79 Å². The average molecular weight is 512 g/mol. The second-order valence-corrected chi connectivity index (χ2v) is 9.37. The van der Waals surface area contributed by atoms with Gasteiger partial charge in [0.25, 0.3) is 0 Å². The summed E-state index contributed by atoms with van der Waals surface area (Å²) in [6, 6.07) is 6.75. The van der Waals surface area contributed by atoms with Crippen LogP contribution in [0.25, 0.3) is 20.8 Å². The fourth-order valence-corrected chi connectivity index (χ4v) is 5.07. The first-order chi connectivity index (χ1) is 16.5. The van der Waals surface area contributed by atoms with Crippen molar-refractivity contribution in [1.82, 2.24) is 15.0 Å². The third-order valence-electron chi connectivity index (χ3n) is 5.67. The number of fused-ring (bicyclic) bond motifs is 1. The number of hydrogen-bond acceptors (Lipinski definition) is 10. The Bertz CT molecular complexity index is 1190. The van der Waals surface area contributed by atoms with E-state index in [1.54, 1.807) is 6.92 Å². The molecule has 9 nitrogen and oxygen atoms in total. The van der Waals surface area contributed by atoms with Crippen LogP contribution >= 0.6 is 11.3 Å². The Morgan fingerprint density at radius 2 is 1.94 bits per heavy atom. The summed E-state index contributed by atoms with van der Waals surface area (Å²) >= 11 is 1.37. The molecule has 35 heavy (non-hydrogen) atoms. The molecular formula is C22H24F3N5O4S. The van der Waals surface area contributed by atoms with Crippen molar-refractivity contribution in [2.75, 3.05) is 23.8 Å². The van der Waals surface area contributed by atoms with E-state index in [9.17, 15) is 28.2 Å². The summed E-state index contributed by atoms with van der Waals surface area (Å²) in [5.74, 6) is -1.10. The van der Waals surface area contributed by atoms with E-state index in [-0.39, 0.29) is 24.8 Å². The molecule has 3 aromatic rings. The first-order valence-corrected chi connectivity index (χ1v) is 11.6. The van der Waals surface area contributed by atoms with Crippen molar-refractivity contribution in [2.45, 2.75) is 44.7 Å². The molecule has 0 saturated heterocycles. The number of nitrogens with one attached hydrogen (secondary N) is 2. The normalized spacial score (nSPS) is 22.4. The number of esters is 1. The highest BCUT2D eigenvalue weighted by Gasteiger charge is 2.42. The Morgan fingerprint density at radius 3 is 2.63 bits per heavy atom. The fourth-order valence-electron chi connectivity index (χ4n) is 4.00. The van der Waals surface area contributed by atoms with E-state index in [4.69, 9.17) is 4.74 Å². The van der Waals surface area contributed by atoms with Crippen LogP contribution in [0.2, 0.25) is 0 Å². The lowest BCUT2D eigenvalue weighted by Crippen LogP contribution is -2.36. The number of para-hydroxylation sites is 1. The van der Waals surface area contributed by atoms with E-state index in [1.165, 1.54) is 18.3 Å². The van der Waals surface area contributed by atoms with Gasteiger partial charge in [-0.2, -0.15) is 18.2 Å². The molecule has 0 amide bonds. The molecule has 4 N–H and O–H groups in total. The maximum Gasteiger partial charge on any atom is 0.405 e. The van der Waals surface area contributed by atoms with Crippen molar-refractivity contribution >= 4 is 39.3 Å². The van der Waals surface area contributed by atoms with E-state index in [0.29, 0.717) is 16.3 Å². The second kappa shape index (κ2) is 9.91. The standard InChI is InChI=1S/C22H24F3N5O4S/c1-10-16(20-29-13-5-3-4-6-15(13)35-20)19(30-21(27-10)26-9-22(23,24)25)28-14-7-12(8-34-11(2)31)17(32)18(14)33/h3-6,12,14,17-18,32-33H,7-9H2,1-2H3,(H2,26,27,28,30)/t12-,14-,17-,18+/m1/s1. The smallest absolute Gasteiger partial charge is 0.405 e. The van der Waals surface area contributed by atoms with Crippen LogP contribution in [0.5, 0.6) is 0 Å². The molecule has 0 bridgehead atoms. The van der Waals surface area contributed by atoms with Crippen molar-refractivity contribution in [2.24, 2.45) is 5.92 Å². The van der Waals surface area contributed by atoms with Crippen LogP contribution in [0.15, 0.2) is 24.3 Å². The largest absolute Gasteiger partial charge is 0.465 e. The molecule has 1 aromatic carbocycles. The lowest BCUT2D eigenvalue weighted by Gasteiger charge is -2.21. The van der Waals surface area contributed by atoms with Crippen LogP contribution in [0.1, 0.15) is 19.0 Å². The minimum absolute atomic E-state index is 0.0718. The van der Waals surface area contributed by atoms with Crippen LogP contribution in [-0.2, 0) is 9.53 Å². The van der Waals surface area contributed by atoms with Crippen molar-refractivity contribution < 1.29 is 32.9 Å². The van der Waals surface area contributed by atoms with Gasteiger partial charge in [0.15, 0.2) is 0 Å². The van der Waals surface area contributed by atoms with Crippen molar-refractivity contribution in [3.05, 3.63) is 30.0 Å². The van der Waals surface area contributed by atoms with Gasteiger partial charge in [0.2, 0.25) is 5.95 Å². The van der Waals surface area contributed by atoms with Gasteiger partial charge in [0.05, 0.1) is 40.2 Å². The number of hydrogen-bond donors (Lipinski definition) is 4. The SMILES string of the molecule is CC(=O)OC[C@H]1C[C@@H](Nc2nc(NCC(F)(F)F)nc(C)c2-c2nc3ccccc3s2)[C@H](O)[C@@H]1O. The summed E-state index contributed by atoms with van der Waals surface area (Å²) in [7, 11) is 0. The fraction of sp³-hybridized carbons (Fsp3) is 0.455. The van der Waals surface area contributed by atoms with Crippen LogP contribution in [0.4, 0.5) is 24.9 Å². The quantitative estimate of drug-likeness (QED) is 0.354. The van der Waals surface area contributed by atoms with Gasteiger partial charge < -0.3 is 25.6 Å². The maximum absolute atomic E-state index is 12.8. The topological polar surface area (TPSA) is 129 Å². The van der Waals surface area contributed by atoms with Gasteiger partial charge in [0, 0.05) is 12.8 Å². The molecule has 1 saturated carbocycles. The molecule has 2 aromatic heterocycles. The number of aryl methyl sites for hydroxylation is 1. The van der Waals surface area contributed by atoms with E-state index >= 15 is 0 Å². The lowest BCUT2D eigenvalue weighted by atomic mass is 10.1. The number of anilines is 2. The molecule has 4 atom stereocenters. The summed E-state index contributed by atoms with van der Waals surface area (Å²) in [5.41, 5.74) is 1.61. The molecule has 0 unspecified atom stereocenters. The first kappa shape index (κ1) is 25.1. The average Bonchev–Trinajstić information content (AvgIpc) is 3.32. The number of nitrogens with zero attached hydrogens (tertiary/aromatic N) is 3. The van der Waals surface area contributed by atoms with Crippen LogP contribution in [0.3, 0.4) is 0 Å². The predicted molar refractivity (Wildman–Crippen MR) is 124 cm³/mol. The Labute approximate surface area is 202 Å². The highest BCUT2D eigenvalue weighted by atomic mass is 32.1. The predicted octanol–water partition coefficient (Wildman–Crippen LogP) is 3.12. The number of carbonyl (C=O) groups excluding carboxylic acids is 1. The van der Waals surface area contributed by atoms with E-state index in [2.05, 4.69) is 25.6 Å². The number of thiazole rings is 1. The lowest BCUT2D eigenvalue weighted by molar-refractivity contribution is -0.143. The molecule has 2 heterocycles. The van der Waals surface area contributed by atoms with Gasteiger partial charge in [0.1, 0.15) is 23.5 Å². The Morgan fingerprint density at radius 1 is 1.20 bits per heavy atom. The molecule has 0 radical (unpaired) electrons. The van der Waals surface area contributed by atoms with Crippen molar-refractivity contribution in [1.29, 1.82) is 0 Å². The number of rotatable bonds is 7. The van der Waals surface area contributed by atoms with E-state index < -0.39 is 42.9 Å². The van der Waals surface area contributed by atoms with Crippen LogP contribution in [0, 0.1) is 12.8 Å². The number of alkyl halides is 3.